The summed E-state index contributed by atoms with van der Waals surface area (Å²) in [6.45, 7) is 1.22. The first kappa shape index (κ1) is 14.4. The molecule has 0 saturated heterocycles. The van der Waals surface area contributed by atoms with Crippen LogP contribution in [0.2, 0.25) is 0 Å². The number of aliphatic hydroxyl groups is 2. The van der Waals surface area contributed by atoms with E-state index in [1.165, 1.54) is 26.2 Å². The molecule has 5 nitrogen and oxygen atoms in total. The van der Waals surface area contributed by atoms with E-state index in [-0.39, 0.29) is 18.2 Å². The van der Waals surface area contributed by atoms with Gasteiger partial charge in [0.05, 0.1) is 7.11 Å². The third kappa shape index (κ3) is 3.68. The molecule has 6 heteroatoms. The Hall–Kier alpha value is -1.66. The number of hydrogen-bond acceptors (Lipinski definition) is 4. The Morgan fingerprint density at radius 3 is 2.72 bits per heavy atom. The minimum absolute atomic E-state index is 0.0155. The molecule has 0 aliphatic carbocycles. The molecular weight excluding hydrogens is 241 g/mol. The lowest BCUT2D eigenvalue weighted by Crippen LogP contribution is -2.34. The van der Waals surface area contributed by atoms with Gasteiger partial charge in [0, 0.05) is 13.5 Å². The molecule has 3 N–H and O–H groups in total. The minimum Gasteiger partial charge on any atom is -0.494 e. The summed E-state index contributed by atoms with van der Waals surface area (Å²) in [5.41, 5.74) is 0.311. The SMILES string of the molecule is COc1cc(C(O)C(O)CNC(C)=O)ccc1F. The Balaban J connectivity index is 2.76. The molecule has 2 atom stereocenters. The fraction of sp³-hybridized carbons (Fsp3) is 0.417. The second kappa shape index (κ2) is 6.32. The summed E-state index contributed by atoms with van der Waals surface area (Å²) in [6, 6.07) is 3.79. The predicted molar refractivity (Wildman–Crippen MR) is 62.6 cm³/mol. The second-order valence-electron chi connectivity index (χ2n) is 3.84. The first-order valence-electron chi connectivity index (χ1n) is 5.39. The number of benzene rings is 1. The van der Waals surface area contributed by atoms with Crippen molar-refractivity contribution in [3.05, 3.63) is 29.6 Å². The maximum atomic E-state index is 13.2. The number of methoxy groups -OCH3 is 1. The van der Waals surface area contributed by atoms with Gasteiger partial charge in [-0.1, -0.05) is 6.07 Å². The summed E-state index contributed by atoms with van der Waals surface area (Å²) in [4.78, 5) is 10.7. The molecule has 100 valence electrons. The molecule has 0 radical (unpaired) electrons. The highest BCUT2D eigenvalue weighted by Crippen LogP contribution is 2.24. The van der Waals surface area contributed by atoms with Crippen molar-refractivity contribution in [2.24, 2.45) is 0 Å². The zero-order chi connectivity index (χ0) is 13.7. The predicted octanol–water partition coefficient (Wildman–Crippen LogP) is 0.365. The molecule has 1 rings (SSSR count). The van der Waals surface area contributed by atoms with E-state index < -0.39 is 18.0 Å². The Kier molecular flexibility index (Phi) is 5.06. The normalized spacial score (nSPS) is 13.8. The lowest BCUT2D eigenvalue weighted by molar-refractivity contribution is -0.119. The van der Waals surface area contributed by atoms with E-state index in [0.29, 0.717) is 5.56 Å². The Morgan fingerprint density at radius 1 is 1.50 bits per heavy atom. The third-order valence-corrected chi connectivity index (χ3v) is 2.44. The van der Waals surface area contributed by atoms with Gasteiger partial charge in [0.1, 0.15) is 12.2 Å². The average Bonchev–Trinajstić information content (AvgIpc) is 2.35. The van der Waals surface area contributed by atoms with Crippen LogP contribution in [0.3, 0.4) is 0 Å². The van der Waals surface area contributed by atoms with Crippen LogP contribution in [0.4, 0.5) is 4.39 Å². The molecule has 0 fully saturated rings. The van der Waals surface area contributed by atoms with Gasteiger partial charge < -0.3 is 20.3 Å². The number of carbonyl (C=O) groups is 1. The van der Waals surface area contributed by atoms with Gasteiger partial charge in [-0.25, -0.2) is 4.39 Å². The number of nitrogens with one attached hydrogen (secondary N) is 1. The summed E-state index contributed by atoms with van der Waals surface area (Å²) >= 11 is 0. The smallest absolute Gasteiger partial charge is 0.216 e. The molecule has 18 heavy (non-hydrogen) atoms. The van der Waals surface area contributed by atoms with Crippen molar-refractivity contribution < 1.29 is 24.1 Å². The molecule has 0 saturated carbocycles. The molecule has 1 aromatic carbocycles. The largest absolute Gasteiger partial charge is 0.494 e. The number of ether oxygens (including phenoxy) is 1. The fourth-order valence-corrected chi connectivity index (χ4v) is 1.44. The number of carbonyl (C=O) groups excluding carboxylic acids is 1. The number of amides is 1. The molecule has 0 aliphatic rings. The molecule has 2 unspecified atom stereocenters. The van der Waals surface area contributed by atoms with Crippen LogP contribution in [-0.4, -0.2) is 35.9 Å². The minimum atomic E-state index is -1.23. The Bertz CT molecular complexity index is 425. The van der Waals surface area contributed by atoms with Crippen LogP contribution in [0.25, 0.3) is 0 Å². The van der Waals surface area contributed by atoms with Crippen molar-refractivity contribution in [2.45, 2.75) is 19.1 Å². The van der Waals surface area contributed by atoms with Crippen molar-refractivity contribution in [1.29, 1.82) is 0 Å². The van der Waals surface area contributed by atoms with Crippen molar-refractivity contribution in [2.75, 3.05) is 13.7 Å². The van der Waals surface area contributed by atoms with Gasteiger partial charge in [-0.15, -0.1) is 0 Å². The maximum absolute atomic E-state index is 13.2. The quantitative estimate of drug-likeness (QED) is 0.712. The highest BCUT2D eigenvalue weighted by atomic mass is 19.1. The Morgan fingerprint density at radius 2 is 2.17 bits per heavy atom. The molecule has 0 heterocycles. The highest BCUT2D eigenvalue weighted by Gasteiger charge is 2.19. The summed E-state index contributed by atoms with van der Waals surface area (Å²) in [5.74, 6) is -0.874. The molecule has 0 aliphatic heterocycles. The second-order valence-corrected chi connectivity index (χ2v) is 3.84. The summed E-state index contributed by atoms with van der Waals surface area (Å²) in [5, 5.41) is 21.9. The van der Waals surface area contributed by atoms with Crippen LogP contribution in [-0.2, 0) is 4.79 Å². The highest BCUT2D eigenvalue weighted by molar-refractivity contribution is 5.72. The van der Waals surface area contributed by atoms with E-state index in [4.69, 9.17) is 4.74 Å². The zero-order valence-electron chi connectivity index (χ0n) is 10.2. The maximum Gasteiger partial charge on any atom is 0.216 e. The van der Waals surface area contributed by atoms with Crippen molar-refractivity contribution in [3.8, 4) is 5.75 Å². The van der Waals surface area contributed by atoms with Crippen LogP contribution in [0.1, 0.15) is 18.6 Å². The van der Waals surface area contributed by atoms with Crippen molar-refractivity contribution in [1.82, 2.24) is 5.32 Å². The van der Waals surface area contributed by atoms with E-state index in [0.717, 1.165) is 6.07 Å². The van der Waals surface area contributed by atoms with E-state index in [9.17, 15) is 19.4 Å². The van der Waals surface area contributed by atoms with Gasteiger partial charge in [-0.05, 0) is 17.7 Å². The van der Waals surface area contributed by atoms with Gasteiger partial charge in [0.25, 0.3) is 0 Å². The lowest BCUT2D eigenvalue weighted by atomic mass is 10.0. The van der Waals surface area contributed by atoms with Gasteiger partial charge in [-0.2, -0.15) is 0 Å². The van der Waals surface area contributed by atoms with Crippen molar-refractivity contribution >= 4 is 5.91 Å². The fourth-order valence-electron chi connectivity index (χ4n) is 1.44. The number of hydrogen-bond donors (Lipinski definition) is 3. The third-order valence-electron chi connectivity index (χ3n) is 2.44. The van der Waals surface area contributed by atoms with Crippen LogP contribution < -0.4 is 10.1 Å². The van der Waals surface area contributed by atoms with Crippen LogP contribution in [0.15, 0.2) is 18.2 Å². The number of aliphatic hydroxyl groups excluding tert-OH is 2. The monoisotopic (exact) mass is 257 g/mol. The molecule has 1 amide bonds. The van der Waals surface area contributed by atoms with Gasteiger partial charge in [-0.3, -0.25) is 4.79 Å². The van der Waals surface area contributed by atoms with Crippen LogP contribution >= 0.6 is 0 Å². The first-order valence-corrected chi connectivity index (χ1v) is 5.39. The molecule has 0 bridgehead atoms. The number of rotatable bonds is 5. The summed E-state index contributed by atoms with van der Waals surface area (Å²) < 4.78 is 17.9. The van der Waals surface area contributed by atoms with Crippen LogP contribution in [0, 0.1) is 5.82 Å². The topological polar surface area (TPSA) is 78.8 Å². The standard InChI is InChI=1S/C12H16FNO4/c1-7(15)14-6-10(16)12(17)8-3-4-9(13)11(5-8)18-2/h3-5,10,12,16-17H,6H2,1-2H3,(H,14,15). The van der Waals surface area contributed by atoms with Gasteiger partial charge in [0.15, 0.2) is 11.6 Å². The molecule has 0 spiro atoms. The molecule has 0 aromatic heterocycles. The first-order chi connectivity index (χ1) is 8.45. The zero-order valence-corrected chi connectivity index (χ0v) is 10.2. The van der Waals surface area contributed by atoms with E-state index in [1.54, 1.807) is 0 Å². The van der Waals surface area contributed by atoms with E-state index >= 15 is 0 Å². The van der Waals surface area contributed by atoms with Gasteiger partial charge in [0.2, 0.25) is 5.91 Å². The van der Waals surface area contributed by atoms with Crippen LogP contribution in [0.5, 0.6) is 5.75 Å². The molecular formula is C12H16FNO4. The lowest BCUT2D eigenvalue weighted by Gasteiger charge is -2.19. The Labute approximate surface area is 104 Å². The van der Waals surface area contributed by atoms with Gasteiger partial charge >= 0.3 is 0 Å². The van der Waals surface area contributed by atoms with Crippen molar-refractivity contribution in [3.63, 3.8) is 0 Å². The number of halogens is 1. The molecule has 1 aromatic rings. The average molecular weight is 257 g/mol. The summed E-state index contributed by atoms with van der Waals surface area (Å²) in [6.07, 6.45) is -2.41. The van der Waals surface area contributed by atoms with E-state index in [2.05, 4.69) is 5.32 Å². The van der Waals surface area contributed by atoms with E-state index in [1.807, 2.05) is 0 Å². The summed E-state index contributed by atoms with van der Waals surface area (Å²) in [7, 11) is 1.31.